The molecule has 0 aromatic heterocycles. The van der Waals surface area contributed by atoms with Crippen LogP contribution in [0.4, 0.5) is 0 Å². The molecule has 0 radical (unpaired) electrons. The van der Waals surface area contributed by atoms with Crippen molar-refractivity contribution in [1.29, 1.82) is 0 Å². The average Bonchev–Trinajstić information content (AvgIpc) is 2.91. The molecule has 0 saturated carbocycles. The van der Waals surface area contributed by atoms with Crippen LogP contribution in [-0.2, 0) is 9.47 Å². The highest BCUT2D eigenvalue weighted by Crippen LogP contribution is 2.18. The van der Waals surface area contributed by atoms with E-state index in [4.69, 9.17) is 9.47 Å². The number of hydrogen-bond acceptors (Lipinski definition) is 3. The van der Waals surface area contributed by atoms with E-state index in [1.54, 1.807) is 0 Å². The third-order valence-corrected chi connectivity index (χ3v) is 8.43. The molecule has 0 aliphatic carbocycles. The molecule has 40 heavy (non-hydrogen) atoms. The lowest BCUT2D eigenvalue weighted by Gasteiger charge is -2.40. The molecule has 244 valence electrons. The minimum atomic E-state index is -0.0258. The van der Waals surface area contributed by atoms with E-state index < -0.39 is 0 Å². The third-order valence-electron chi connectivity index (χ3n) is 8.43. The van der Waals surface area contributed by atoms with E-state index >= 15 is 0 Å². The van der Waals surface area contributed by atoms with Gasteiger partial charge in [0.05, 0.1) is 27.3 Å². The molecule has 0 heterocycles. The van der Waals surface area contributed by atoms with Gasteiger partial charge in [-0.3, -0.25) is 4.48 Å². The van der Waals surface area contributed by atoms with E-state index in [1.165, 1.54) is 141 Å². The molecule has 0 aliphatic rings. The molecule has 0 rings (SSSR count). The van der Waals surface area contributed by atoms with Crippen LogP contribution in [0.5, 0.6) is 0 Å². The van der Waals surface area contributed by atoms with Gasteiger partial charge in [0.1, 0.15) is 12.6 Å². The molecular weight excluding hydrogens is 562 g/mol. The Bertz CT molecular complexity index is 478. The van der Waals surface area contributed by atoms with E-state index in [0.29, 0.717) is 11.0 Å². The Morgan fingerprint density at radius 3 is 1.12 bits per heavy atom. The maximum atomic E-state index is 9.60. The lowest BCUT2D eigenvalue weighted by Crippen LogP contribution is -3.00. The van der Waals surface area contributed by atoms with Crippen LogP contribution in [0.3, 0.4) is 0 Å². The second kappa shape index (κ2) is 32.2. The second-order valence-electron chi connectivity index (χ2n) is 12.8. The summed E-state index contributed by atoms with van der Waals surface area (Å²) in [6.45, 7) is 9.21. The Kier molecular flexibility index (Phi) is 34.2. The maximum Gasteiger partial charge on any atom is 0.219 e. The molecule has 0 aliphatic heterocycles. The summed E-state index contributed by atoms with van der Waals surface area (Å²) in [4.78, 5) is 0. The predicted octanol–water partition coefficient (Wildman–Crippen LogP) is 7.21. The van der Waals surface area contributed by atoms with Gasteiger partial charge >= 0.3 is 0 Å². The van der Waals surface area contributed by atoms with E-state index in [9.17, 15) is 5.11 Å². The van der Waals surface area contributed by atoms with Crippen LogP contribution < -0.4 is 17.0 Å². The van der Waals surface area contributed by atoms with Crippen molar-refractivity contribution in [3.63, 3.8) is 0 Å². The van der Waals surface area contributed by atoms with Crippen molar-refractivity contribution >= 4 is 0 Å². The molecule has 1 N–H and O–H groups in total. The number of rotatable bonds is 32. The number of unbranched alkanes of at least 4 members (excludes halogenated alkanes) is 22. The highest BCUT2D eigenvalue weighted by molar-refractivity contribution is 4.59. The molecule has 0 spiro atoms. The number of aliphatic hydroxyl groups is 1. The van der Waals surface area contributed by atoms with Crippen LogP contribution in [0.2, 0.25) is 0 Å². The van der Waals surface area contributed by atoms with Gasteiger partial charge in [-0.05, 0) is 19.8 Å². The highest BCUT2D eigenvalue weighted by atomic mass is 79.9. The van der Waals surface area contributed by atoms with Gasteiger partial charge in [0.2, 0.25) is 6.23 Å². The Balaban J connectivity index is 0. The standard InChI is InChI=1S/C35H74NO3.BrH/c1-6-8-10-12-14-16-18-20-22-24-26-28-32-38-34(3)35(36(4,5)30-31-37)39-33-29-27-25-23-21-19-17-15-13-11-9-7-2;/h34-35,37H,6-33H2,1-5H3;1H/q+1;/p-1. The van der Waals surface area contributed by atoms with Crippen molar-refractivity contribution in [2.75, 3.05) is 40.5 Å². The minimum absolute atomic E-state index is 0. The molecule has 0 fully saturated rings. The minimum Gasteiger partial charge on any atom is -1.00 e. The van der Waals surface area contributed by atoms with Crippen molar-refractivity contribution in [2.45, 2.75) is 187 Å². The molecule has 0 aromatic rings. The zero-order valence-corrected chi connectivity index (χ0v) is 29.6. The third kappa shape index (κ3) is 27.2. The van der Waals surface area contributed by atoms with Crippen LogP contribution in [0.1, 0.15) is 175 Å². The molecular formula is C35H74BrNO3. The largest absolute Gasteiger partial charge is 1.00 e. The fraction of sp³-hybridized carbons (Fsp3) is 1.00. The van der Waals surface area contributed by atoms with Crippen molar-refractivity contribution < 1.29 is 36.0 Å². The summed E-state index contributed by atoms with van der Waals surface area (Å²) < 4.78 is 13.3. The summed E-state index contributed by atoms with van der Waals surface area (Å²) in [5.41, 5.74) is 0. The van der Waals surface area contributed by atoms with Gasteiger partial charge in [-0.1, -0.05) is 155 Å². The van der Waals surface area contributed by atoms with Gasteiger partial charge in [-0.15, -0.1) is 0 Å². The van der Waals surface area contributed by atoms with Crippen LogP contribution in [0.15, 0.2) is 0 Å². The number of aliphatic hydroxyl groups excluding tert-OH is 1. The van der Waals surface area contributed by atoms with Crippen molar-refractivity contribution in [3.05, 3.63) is 0 Å². The van der Waals surface area contributed by atoms with Crippen LogP contribution >= 0.6 is 0 Å². The summed E-state index contributed by atoms with van der Waals surface area (Å²) in [7, 11) is 4.32. The highest BCUT2D eigenvalue weighted by Gasteiger charge is 2.34. The summed E-state index contributed by atoms with van der Waals surface area (Å²) in [6, 6.07) is 0. The van der Waals surface area contributed by atoms with Gasteiger partial charge in [0.15, 0.2) is 0 Å². The summed E-state index contributed by atoms with van der Waals surface area (Å²) in [6.07, 6.45) is 32.7. The van der Waals surface area contributed by atoms with Gasteiger partial charge in [-0.25, -0.2) is 0 Å². The normalized spacial score (nSPS) is 13.3. The zero-order valence-electron chi connectivity index (χ0n) is 28.0. The monoisotopic (exact) mass is 635 g/mol. The van der Waals surface area contributed by atoms with Crippen LogP contribution in [-0.4, -0.2) is 62.4 Å². The first kappa shape index (κ1) is 42.5. The van der Waals surface area contributed by atoms with Gasteiger partial charge in [-0.2, -0.15) is 0 Å². The number of ether oxygens (including phenoxy) is 2. The topological polar surface area (TPSA) is 38.7 Å². The van der Waals surface area contributed by atoms with Crippen molar-refractivity contribution in [2.24, 2.45) is 0 Å². The van der Waals surface area contributed by atoms with E-state index in [-0.39, 0.29) is 35.9 Å². The number of halogens is 1. The number of quaternary nitrogens is 1. The molecule has 4 nitrogen and oxygen atoms in total. The fourth-order valence-corrected chi connectivity index (χ4v) is 5.73. The summed E-state index contributed by atoms with van der Waals surface area (Å²) in [5.74, 6) is 0. The first-order valence-electron chi connectivity index (χ1n) is 17.7. The van der Waals surface area contributed by atoms with Gasteiger partial charge < -0.3 is 31.6 Å². The smallest absolute Gasteiger partial charge is 0.219 e. The Morgan fingerprint density at radius 1 is 0.500 bits per heavy atom. The van der Waals surface area contributed by atoms with E-state index in [0.717, 1.165) is 26.1 Å². The molecule has 0 bridgehead atoms. The van der Waals surface area contributed by atoms with Crippen molar-refractivity contribution in [1.82, 2.24) is 0 Å². The summed E-state index contributed by atoms with van der Waals surface area (Å²) in [5, 5.41) is 9.60. The first-order chi connectivity index (χ1) is 19.0. The van der Waals surface area contributed by atoms with Crippen LogP contribution in [0.25, 0.3) is 0 Å². The number of nitrogens with zero attached hydrogens (tertiary/aromatic N) is 1. The molecule has 2 unspecified atom stereocenters. The number of likely N-dealkylation sites (N-methyl/N-ethyl adjacent to an activating group) is 1. The second-order valence-corrected chi connectivity index (χ2v) is 12.8. The van der Waals surface area contributed by atoms with Crippen molar-refractivity contribution in [3.8, 4) is 0 Å². The maximum absolute atomic E-state index is 9.60. The Hall–Kier alpha value is 0.320. The summed E-state index contributed by atoms with van der Waals surface area (Å²) >= 11 is 0. The molecule has 0 amide bonds. The first-order valence-corrected chi connectivity index (χ1v) is 17.7. The zero-order chi connectivity index (χ0) is 28.9. The van der Waals surface area contributed by atoms with Crippen LogP contribution in [0, 0.1) is 0 Å². The lowest BCUT2D eigenvalue weighted by molar-refractivity contribution is -0.941. The quantitative estimate of drug-likeness (QED) is 0.0482. The Labute approximate surface area is 263 Å². The Morgan fingerprint density at radius 2 is 0.800 bits per heavy atom. The van der Waals surface area contributed by atoms with Gasteiger partial charge in [0, 0.05) is 6.61 Å². The lowest BCUT2D eigenvalue weighted by atomic mass is 10.1. The predicted molar refractivity (Wildman–Crippen MR) is 171 cm³/mol. The fourth-order valence-electron chi connectivity index (χ4n) is 5.73. The molecule has 2 atom stereocenters. The van der Waals surface area contributed by atoms with E-state index in [1.807, 2.05) is 0 Å². The number of hydrogen-bond donors (Lipinski definition) is 1. The van der Waals surface area contributed by atoms with E-state index in [2.05, 4.69) is 34.9 Å². The molecule has 0 saturated heterocycles. The average molecular weight is 637 g/mol. The molecule has 5 heteroatoms. The molecule has 0 aromatic carbocycles. The van der Waals surface area contributed by atoms with Gasteiger partial charge in [0.25, 0.3) is 0 Å². The SMILES string of the molecule is CCCCCCCCCCCCCCOC(C)C(OCCCCCCCCCCCCCC)[N+](C)(C)CCO.[Br-].